The Kier molecular flexibility index (Phi) is 9.15. The van der Waals surface area contributed by atoms with Crippen LogP contribution in [0.25, 0.3) is 22.3 Å². The van der Waals surface area contributed by atoms with Gasteiger partial charge >= 0.3 is 0 Å². The van der Waals surface area contributed by atoms with Crippen molar-refractivity contribution in [2.75, 3.05) is 11.9 Å². The third-order valence-corrected chi connectivity index (χ3v) is 6.51. The Morgan fingerprint density at radius 3 is 2.50 bits per heavy atom. The normalized spacial score (nSPS) is 12.2. The van der Waals surface area contributed by atoms with Crippen molar-refractivity contribution in [2.45, 2.75) is 54.5 Å². The number of anilines is 1. The zero-order valence-corrected chi connectivity index (χ0v) is 25.4. The van der Waals surface area contributed by atoms with Crippen molar-refractivity contribution in [1.29, 1.82) is 0 Å². The molecule has 1 amide bonds. The highest BCUT2D eigenvalue weighted by Gasteiger charge is 2.37. The first kappa shape index (κ1) is 30.5. The van der Waals surface area contributed by atoms with Gasteiger partial charge in [0.25, 0.3) is 5.91 Å². The first-order valence-electron chi connectivity index (χ1n) is 13.4. The minimum Gasteiger partial charge on any atom is -0.476 e. The number of nitrogens with zero attached hydrogens (tertiary/aromatic N) is 7. The van der Waals surface area contributed by atoms with E-state index in [0.29, 0.717) is 51.6 Å². The number of amides is 1. The van der Waals surface area contributed by atoms with Crippen LogP contribution in [0.15, 0.2) is 43.5 Å². The Balaban J connectivity index is 0.000000241. The maximum absolute atomic E-state index is 13.2. The lowest BCUT2D eigenvalue weighted by Gasteiger charge is -2.25. The molecule has 2 N–H and O–H groups in total. The van der Waals surface area contributed by atoms with Gasteiger partial charge in [-0.2, -0.15) is 4.98 Å². The van der Waals surface area contributed by atoms with Gasteiger partial charge in [0.1, 0.15) is 23.7 Å². The van der Waals surface area contributed by atoms with E-state index in [2.05, 4.69) is 54.1 Å². The molecule has 4 heterocycles. The summed E-state index contributed by atoms with van der Waals surface area (Å²) in [6.45, 7) is 13.8. The van der Waals surface area contributed by atoms with Crippen LogP contribution in [-0.4, -0.2) is 57.8 Å². The fraction of sp³-hybridized carbons (Fsp3) is 0.379. The standard InChI is InChI=1S/C20H22ClN5O2.C9H12N4O/c1-11-6-7-13(21)14(8-11)25-19(28)16(17(27)20(3,4)5)26-10-24-15-12(2)22-9-23-18(15)26;1-6(2)3-14-9-7-8(11-4-10-7)12-5-13-9/h6-10,16H,1-5H3,(H,25,28);4-6H,3H2,1-2H3,(H,10,11,12,13). The van der Waals surface area contributed by atoms with Gasteiger partial charge in [-0.15, -0.1) is 0 Å². The van der Waals surface area contributed by atoms with E-state index < -0.39 is 17.4 Å². The van der Waals surface area contributed by atoms with Crippen molar-refractivity contribution >= 4 is 51.3 Å². The van der Waals surface area contributed by atoms with Gasteiger partial charge in [0.15, 0.2) is 23.1 Å². The Hall–Kier alpha value is -4.45. The number of halogens is 1. The van der Waals surface area contributed by atoms with E-state index in [1.54, 1.807) is 46.2 Å². The zero-order valence-electron chi connectivity index (χ0n) is 24.6. The molecule has 12 nitrogen and oxygen atoms in total. The second-order valence-electron chi connectivity index (χ2n) is 11.3. The van der Waals surface area contributed by atoms with Gasteiger partial charge in [-0.1, -0.05) is 52.3 Å². The molecule has 0 saturated carbocycles. The van der Waals surface area contributed by atoms with Crippen LogP contribution in [0.1, 0.15) is 51.9 Å². The molecule has 4 aromatic heterocycles. The summed E-state index contributed by atoms with van der Waals surface area (Å²) >= 11 is 6.22. The van der Waals surface area contributed by atoms with Gasteiger partial charge in [-0.05, 0) is 37.5 Å². The van der Waals surface area contributed by atoms with Crippen molar-refractivity contribution in [3.63, 3.8) is 0 Å². The molecule has 0 aliphatic heterocycles. The van der Waals surface area contributed by atoms with Crippen LogP contribution in [0.3, 0.4) is 0 Å². The molecule has 0 spiro atoms. The van der Waals surface area contributed by atoms with Crippen LogP contribution in [0, 0.1) is 25.2 Å². The van der Waals surface area contributed by atoms with Crippen molar-refractivity contribution < 1.29 is 14.3 Å². The third-order valence-electron chi connectivity index (χ3n) is 6.18. The average molecular weight is 592 g/mol. The minimum absolute atomic E-state index is 0.260. The monoisotopic (exact) mass is 591 g/mol. The van der Waals surface area contributed by atoms with Crippen LogP contribution >= 0.6 is 11.6 Å². The highest BCUT2D eigenvalue weighted by atomic mass is 35.5. The molecule has 0 saturated heterocycles. The number of carbonyl (C=O) groups excluding carboxylic acids is 2. The molecule has 0 aliphatic rings. The molecule has 0 aliphatic carbocycles. The molecule has 1 unspecified atom stereocenters. The number of hydrogen-bond donors (Lipinski definition) is 2. The van der Waals surface area contributed by atoms with Crippen LogP contribution in [0.2, 0.25) is 5.02 Å². The lowest BCUT2D eigenvalue weighted by molar-refractivity contribution is -0.135. The van der Waals surface area contributed by atoms with Gasteiger partial charge < -0.3 is 15.0 Å². The highest BCUT2D eigenvalue weighted by molar-refractivity contribution is 6.34. The zero-order chi connectivity index (χ0) is 30.6. The second kappa shape index (κ2) is 12.6. The maximum atomic E-state index is 13.2. The largest absolute Gasteiger partial charge is 0.476 e. The summed E-state index contributed by atoms with van der Waals surface area (Å²) in [7, 11) is 0. The average Bonchev–Trinajstić information content (AvgIpc) is 3.58. The van der Waals surface area contributed by atoms with Gasteiger partial charge in [-0.3, -0.25) is 14.2 Å². The molecule has 1 atom stereocenters. The molecule has 42 heavy (non-hydrogen) atoms. The van der Waals surface area contributed by atoms with E-state index in [4.69, 9.17) is 16.3 Å². The van der Waals surface area contributed by atoms with Crippen LogP contribution in [0.5, 0.6) is 5.88 Å². The number of carbonyl (C=O) groups is 2. The predicted molar refractivity (Wildman–Crippen MR) is 160 cm³/mol. The van der Waals surface area contributed by atoms with Crippen molar-refractivity contribution in [3.05, 3.63) is 59.8 Å². The van der Waals surface area contributed by atoms with Crippen molar-refractivity contribution in [1.82, 2.24) is 39.5 Å². The van der Waals surface area contributed by atoms with Crippen molar-refractivity contribution in [3.8, 4) is 5.88 Å². The molecule has 5 aromatic rings. The number of hydrogen-bond acceptors (Lipinski definition) is 9. The van der Waals surface area contributed by atoms with Gasteiger partial charge in [-0.25, -0.2) is 24.9 Å². The van der Waals surface area contributed by atoms with E-state index in [0.717, 1.165) is 11.1 Å². The first-order chi connectivity index (χ1) is 19.9. The highest BCUT2D eigenvalue weighted by Crippen LogP contribution is 2.29. The summed E-state index contributed by atoms with van der Waals surface area (Å²) in [5, 5.41) is 3.19. The first-order valence-corrected chi connectivity index (χ1v) is 13.8. The summed E-state index contributed by atoms with van der Waals surface area (Å²) in [6.07, 6.45) is 5.89. The summed E-state index contributed by atoms with van der Waals surface area (Å²) in [5.41, 5.74) is 3.69. The Labute approximate surface area is 248 Å². The smallest absolute Gasteiger partial charge is 0.255 e. The van der Waals surface area contributed by atoms with Crippen LogP contribution < -0.4 is 10.1 Å². The number of nitrogens with one attached hydrogen (secondary N) is 2. The molecule has 0 fully saturated rings. The number of rotatable bonds is 7. The number of Topliss-reactive ketones (excluding diaryl/α,β-unsaturated/α-hetero) is 1. The predicted octanol–water partition coefficient (Wildman–Crippen LogP) is 5.28. The van der Waals surface area contributed by atoms with Gasteiger partial charge in [0, 0.05) is 5.41 Å². The van der Waals surface area contributed by atoms with E-state index in [1.165, 1.54) is 23.5 Å². The van der Waals surface area contributed by atoms with E-state index in [1.807, 2.05) is 13.0 Å². The van der Waals surface area contributed by atoms with Crippen LogP contribution in [-0.2, 0) is 9.59 Å². The van der Waals surface area contributed by atoms with E-state index in [-0.39, 0.29) is 5.78 Å². The fourth-order valence-electron chi connectivity index (χ4n) is 3.97. The summed E-state index contributed by atoms with van der Waals surface area (Å²) in [6, 6.07) is 4.17. The molecule has 13 heteroatoms. The summed E-state index contributed by atoms with van der Waals surface area (Å²) in [4.78, 5) is 54.1. The third kappa shape index (κ3) is 6.88. The minimum atomic E-state index is -1.14. The number of fused-ring (bicyclic) bond motifs is 2. The van der Waals surface area contributed by atoms with E-state index in [9.17, 15) is 9.59 Å². The lowest BCUT2D eigenvalue weighted by Crippen LogP contribution is -2.38. The number of imidazole rings is 2. The second-order valence-corrected chi connectivity index (χ2v) is 11.7. The number of H-pyrrole nitrogens is 1. The van der Waals surface area contributed by atoms with Gasteiger partial charge in [0.05, 0.1) is 35.7 Å². The number of benzene rings is 1. The van der Waals surface area contributed by atoms with E-state index >= 15 is 0 Å². The maximum Gasteiger partial charge on any atom is 0.255 e. The molecule has 1 aromatic carbocycles. The molecular weight excluding hydrogens is 558 g/mol. The van der Waals surface area contributed by atoms with Crippen molar-refractivity contribution in [2.24, 2.45) is 11.3 Å². The Morgan fingerprint density at radius 2 is 1.79 bits per heavy atom. The lowest BCUT2D eigenvalue weighted by atomic mass is 9.86. The number of aryl methyl sites for hydroxylation is 2. The summed E-state index contributed by atoms with van der Waals surface area (Å²) in [5.74, 6) is 0.288. The SMILES string of the molecule is CC(C)COc1ncnc2nc[nH]c12.Cc1ccc(Cl)c(NC(=O)C(C(=O)C(C)(C)C)n2cnc3c(C)ncnc32)c1. The number of aromatic nitrogens is 8. The number of ether oxygens (including phenoxy) is 1. The van der Waals surface area contributed by atoms with Gasteiger partial charge in [0.2, 0.25) is 5.88 Å². The number of aromatic amines is 1. The van der Waals surface area contributed by atoms with Crippen LogP contribution in [0.4, 0.5) is 5.69 Å². The Morgan fingerprint density at radius 1 is 1.05 bits per heavy atom. The molecular formula is C29H34ClN9O3. The molecule has 5 rings (SSSR count). The fourth-order valence-corrected chi connectivity index (χ4v) is 4.14. The summed E-state index contributed by atoms with van der Waals surface area (Å²) < 4.78 is 7.01. The molecule has 0 bridgehead atoms. The quantitative estimate of drug-likeness (QED) is 0.241. The molecule has 220 valence electrons. The number of ketones is 1. The molecule has 0 radical (unpaired) electrons. The topological polar surface area (TPSA) is 153 Å². The Bertz CT molecular complexity index is 1720.